The average Bonchev–Trinajstić information content (AvgIpc) is 3.33. The van der Waals surface area contributed by atoms with E-state index in [0.717, 1.165) is 62.3 Å². The molecule has 2 aromatic rings. The third-order valence-electron chi connectivity index (χ3n) is 6.55. The van der Waals surface area contributed by atoms with Crippen LogP contribution in [0, 0.1) is 17.6 Å². The Morgan fingerprint density at radius 1 is 1.21 bits per heavy atom. The van der Waals surface area contributed by atoms with Crippen molar-refractivity contribution in [2.75, 3.05) is 44.8 Å². The molecular formula is C23H31F2N5O2S. The lowest BCUT2D eigenvalue weighted by Gasteiger charge is -2.42. The fourth-order valence-electron chi connectivity index (χ4n) is 4.71. The van der Waals surface area contributed by atoms with Crippen LogP contribution in [0.2, 0.25) is 0 Å². The van der Waals surface area contributed by atoms with Crippen LogP contribution >= 0.6 is 11.3 Å². The summed E-state index contributed by atoms with van der Waals surface area (Å²) in [6.07, 6.45) is 8.37. The summed E-state index contributed by atoms with van der Waals surface area (Å²) in [6, 6.07) is 1.36. The van der Waals surface area contributed by atoms with Crippen molar-refractivity contribution in [2.24, 2.45) is 5.92 Å². The molecule has 0 aliphatic carbocycles. The molecule has 0 spiro atoms. The molecule has 1 amide bonds. The van der Waals surface area contributed by atoms with Gasteiger partial charge in [-0.05, 0) is 44.6 Å². The zero-order chi connectivity index (χ0) is 23.2. The quantitative estimate of drug-likeness (QED) is 0.625. The molecule has 0 bridgehead atoms. The summed E-state index contributed by atoms with van der Waals surface area (Å²) >= 11 is 1.34. The van der Waals surface area contributed by atoms with Gasteiger partial charge in [0.25, 0.3) is 5.91 Å². The lowest BCUT2D eigenvalue weighted by Crippen LogP contribution is -2.48. The fourth-order valence-corrected chi connectivity index (χ4v) is 5.60. The third kappa shape index (κ3) is 6.24. The van der Waals surface area contributed by atoms with Crippen LogP contribution < -0.4 is 10.2 Å². The smallest absolute Gasteiger partial charge is 0.263 e. The second kappa shape index (κ2) is 11.3. The summed E-state index contributed by atoms with van der Waals surface area (Å²) in [5, 5.41) is 3.47. The van der Waals surface area contributed by atoms with Gasteiger partial charge in [-0.1, -0.05) is 11.3 Å². The van der Waals surface area contributed by atoms with Crippen molar-refractivity contribution in [3.05, 3.63) is 40.7 Å². The Labute approximate surface area is 197 Å². The maximum atomic E-state index is 13.7. The number of hydrogen-bond donors (Lipinski definition) is 1. The monoisotopic (exact) mass is 479 g/mol. The van der Waals surface area contributed by atoms with Crippen molar-refractivity contribution in [2.45, 2.75) is 44.7 Å². The van der Waals surface area contributed by atoms with Gasteiger partial charge in [0.1, 0.15) is 16.5 Å². The van der Waals surface area contributed by atoms with Crippen LogP contribution in [-0.4, -0.2) is 66.7 Å². The fraction of sp³-hybridized carbons (Fsp3) is 0.609. The number of amides is 1. The molecule has 0 saturated carbocycles. The Balaban J connectivity index is 1.26. The minimum atomic E-state index is -0.776. The van der Waals surface area contributed by atoms with Crippen LogP contribution in [0.4, 0.5) is 13.9 Å². The number of carbonyl (C=O) groups is 1. The van der Waals surface area contributed by atoms with E-state index >= 15 is 0 Å². The molecule has 180 valence electrons. The number of nitrogens with one attached hydrogen (secondary N) is 1. The van der Waals surface area contributed by atoms with Crippen molar-refractivity contribution in [3.8, 4) is 0 Å². The number of likely N-dealkylation sites (tertiary alicyclic amines) is 1. The second-order valence-corrected chi connectivity index (χ2v) is 9.78. The number of methoxy groups -OCH3 is 1. The molecule has 2 fully saturated rings. The molecule has 2 aromatic heterocycles. The third-order valence-corrected chi connectivity index (χ3v) is 7.61. The van der Waals surface area contributed by atoms with E-state index in [2.05, 4.69) is 25.1 Å². The van der Waals surface area contributed by atoms with Crippen molar-refractivity contribution in [1.29, 1.82) is 0 Å². The zero-order valence-corrected chi connectivity index (χ0v) is 19.8. The van der Waals surface area contributed by atoms with Gasteiger partial charge >= 0.3 is 0 Å². The number of thiazole rings is 1. The molecule has 4 rings (SSSR count). The number of nitrogens with zero attached hydrogens (tertiary/aromatic N) is 4. The van der Waals surface area contributed by atoms with Crippen LogP contribution in [0.25, 0.3) is 0 Å². The number of pyridine rings is 1. The zero-order valence-electron chi connectivity index (χ0n) is 18.9. The van der Waals surface area contributed by atoms with Gasteiger partial charge < -0.3 is 15.0 Å². The maximum absolute atomic E-state index is 13.7. The van der Waals surface area contributed by atoms with Gasteiger partial charge in [0.2, 0.25) is 0 Å². The van der Waals surface area contributed by atoms with Crippen LogP contribution in [0.5, 0.6) is 0 Å². The van der Waals surface area contributed by atoms with E-state index in [0.29, 0.717) is 10.9 Å². The molecule has 1 atom stereocenters. The highest BCUT2D eigenvalue weighted by atomic mass is 32.1. The molecule has 4 heterocycles. The first kappa shape index (κ1) is 24.0. The molecule has 2 aliphatic rings. The standard InChI is InChI=1S/C23H31F2N5O2S/c1-32-10-6-16-3-2-7-30(15-16)18-4-8-29(9-5-18)23-28-14-21(33-23)22(31)27-13-20-19(25)11-17(24)12-26-20/h11-12,14,16,18H,2-10,13,15H2,1H3,(H,27,31). The number of rotatable bonds is 8. The van der Waals surface area contributed by atoms with Gasteiger partial charge in [0.05, 0.1) is 24.6 Å². The summed E-state index contributed by atoms with van der Waals surface area (Å²) in [5.41, 5.74) is -0.00117. The van der Waals surface area contributed by atoms with E-state index < -0.39 is 11.6 Å². The normalized spacial score (nSPS) is 20.2. The van der Waals surface area contributed by atoms with E-state index in [1.54, 1.807) is 13.3 Å². The minimum absolute atomic E-state index is 0.00117. The van der Waals surface area contributed by atoms with Crippen LogP contribution in [-0.2, 0) is 11.3 Å². The predicted molar refractivity (Wildman–Crippen MR) is 123 cm³/mol. The van der Waals surface area contributed by atoms with Gasteiger partial charge in [-0.15, -0.1) is 0 Å². The van der Waals surface area contributed by atoms with E-state index in [9.17, 15) is 13.6 Å². The largest absolute Gasteiger partial charge is 0.385 e. The summed E-state index contributed by atoms with van der Waals surface area (Å²) in [6.45, 7) is 4.92. The van der Waals surface area contributed by atoms with Gasteiger partial charge in [-0.25, -0.2) is 13.8 Å². The molecule has 0 radical (unpaired) electrons. The predicted octanol–water partition coefficient (Wildman–Crippen LogP) is 3.46. The topological polar surface area (TPSA) is 70.6 Å². The van der Waals surface area contributed by atoms with Crippen LogP contribution in [0.3, 0.4) is 0 Å². The lowest BCUT2D eigenvalue weighted by molar-refractivity contribution is 0.0869. The number of piperidine rings is 2. The van der Waals surface area contributed by atoms with Gasteiger partial charge in [0.15, 0.2) is 5.13 Å². The highest BCUT2D eigenvalue weighted by molar-refractivity contribution is 7.17. The Hall–Kier alpha value is -2.17. The Bertz CT molecular complexity index is 935. The van der Waals surface area contributed by atoms with E-state index in [1.807, 2.05) is 0 Å². The summed E-state index contributed by atoms with van der Waals surface area (Å²) in [5.74, 6) is -1.13. The molecule has 1 unspecified atom stereocenters. The van der Waals surface area contributed by atoms with Crippen LogP contribution in [0.15, 0.2) is 18.5 Å². The van der Waals surface area contributed by atoms with Crippen molar-refractivity contribution in [3.63, 3.8) is 0 Å². The van der Waals surface area contributed by atoms with E-state index in [1.165, 1.54) is 37.3 Å². The molecule has 2 aliphatic heterocycles. The van der Waals surface area contributed by atoms with Crippen molar-refractivity contribution < 1.29 is 18.3 Å². The highest BCUT2D eigenvalue weighted by Crippen LogP contribution is 2.29. The van der Waals surface area contributed by atoms with Gasteiger partial charge in [0, 0.05) is 45.5 Å². The summed E-state index contributed by atoms with van der Waals surface area (Å²) in [4.78, 5) is 26.0. The van der Waals surface area contributed by atoms with Crippen LogP contribution in [0.1, 0.15) is 47.5 Å². The molecule has 0 aromatic carbocycles. The molecule has 2 saturated heterocycles. The highest BCUT2D eigenvalue weighted by Gasteiger charge is 2.29. The Morgan fingerprint density at radius 3 is 2.79 bits per heavy atom. The summed E-state index contributed by atoms with van der Waals surface area (Å²) in [7, 11) is 1.77. The summed E-state index contributed by atoms with van der Waals surface area (Å²) < 4.78 is 31.9. The van der Waals surface area contributed by atoms with Crippen molar-refractivity contribution >= 4 is 22.4 Å². The number of aromatic nitrogens is 2. The molecule has 10 heteroatoms. The molecule has 1 N–H and O–H groups in total. The molecule has 33 heavy (non-hydrogen) atoms. The second-order valence-electron chi connectivity index (χ2n) is 8.77. The van der Waals surface area contributed by atoms with Crippen molar-refractivity contribution in [1.82, 2.24) is 20.2 Å². The number of hydrogen-bond acceptors (Lipinski definition) is 7. The first-order valence-electron chi connectivity index (χ1n) is 11.6. The molecular weight excluding hydrogens is 448 g/mol. The molecule has 7 nitrogen and oxygen atoms in total. The number of ether oxygens (including phenoxy) is 1. The van der Waals surface area contributed by atoms with E-state index in [-0.39, 0.29) is 18.1 Å². The maximum Gasteiger partial charge on any atom is 0.263 e. The Morgan fingerprint density at radius 2 is 2.03 bits per heavy atom. The lowest BCUT2D eigenvalue weighted by atomic mass is 9.92. The van der Waals surface area contributed by atoms with Gasteiger partial charge in [-0.3, -0.25) is 14.7 Å². The first-order chi connectivity index (χ1) is 16.0. The van der Waals surface area contributed by atoms with E-state index in [4.69, 9.17) is 4.74 Å². The number of anilines is 1. The first-order valence-corrected chi connectivity index (χ1v) is 12.4. The average molecular weight is 480 g/mol. The van der Waals surface area contributed by atoms with Gasteiger partial charge in [-0.2, -0.15) is 0 Å². The minimum Gasteiger partial charge on any atom is -0.385 e. The Kier molecular flexibility index (Phi) is 8.21. The SMILES string of the molecule is COCCC1CCCN(C2CCN(c3ncc(C(=O)NCc4ncc(F)cc4F)s3)CC2)C1. The number of carbonyl (C=O) groups excluding carboxylic acids is 1. The number of halogens is 2.